The molecule has 1 aromatic rings. The van der Waals surface area contributed by atoms with Gasteiger partial charge in [-0.3, -0.25) is 14.4 Å². The predicted molar refractivity (Wildman–Crippen MR) is 111 cm³/mol. The normalized spacial score (nSPS) is 24.7. The van der Waals surface area contributed by atoms with Crippen LogP contribution in [0.5, 0.6) is 5.75 Å². The van der Waals surface area contributed by atoms with E-state index in [-0.39, 0.29) is 18.7 Å². The highest BCUT2D eigenvalue weighted by Crippen LogP contribution is 2.45. The highest BCUT2D eigenvalue weighted by Gasteiger charge is 2.51. The first-order valence-corrected chi connectivity index (χ1v) is 10.6. The number of carboxylic acid groups (broad SMARTS) is 1. The summed E-state index contributed by atoms with van der Waals surface area (Å²) >= 11 is 0. The van der Waals surface area contributed by atoms with Crippen LogP contribution in [0.1, 0.15) is 44.9 Å². The number of nitrogens with zero attached hydrogens (tertiary/aromatic N) is 2. The Morgan fingerprint density at radius 2 is 1.97 bits per heavy atom. The van der Waals surface area contributed by atoms with Crippen LogP contribution in [0.25, 0.3) is 0 Å². The van der Waals surface area contributed by atoms with Crippen LogP contribution < -0.4 is 15.0 Å². The number of carboxylic acids is 1. The molecule has 0 spiro atoms. The molecule has 2 saturated heterocycles. The van der Waals surface area contributed by atoms with Gasteiger partial charge in [0.05, 0.1) is 25.3 Å². The zero-order valence-electron chi connectivity index (χ0n) is 17.5. The van der Waals surface area contributed by atoms with E-state index in [1.165, 1.54) is 12.0 Å². The van der Waals surface area contributed by atoms with E-state index in [0.29, 0.717) is 37.2 Å². The number of rotatable bonds is 6. The maximum absolute atomic E-state index is 13.4. The largest absolute Gasteiger partial charge is 0.497 e. The SMILES string of the molecule is COc1cccc(N2C(=O)N[C@@H]3CCN(C(=O)CC4(CC(=O)O)CCCC4)[C@@H]3C2=O)c1. The van der Waals surface area contributed by atoms with Crippen molar-refractivity contribution in [2.45, 2.75) is 57.0 Å². The van der Waals surface area contributed by atoms with Gasteiger partial charge in [0.1, 0.15) is 11.8 Å². The number of amides is 4. The van der Waals surface area contributed by atoms with Gasteiger partial charge in [-0.15, -0.1) is 0 Å². The van der Waals surface area contributed by atoms with Gasteiger partial charge >= 0.3 is 12.0 Å². The topological polar surface area (TPSA) is 116 Å². The molecule has 0 aromatic heterocycles. The van der Waals surface area contributed by atoms with Crippen molar-refractivity contribution in [3.63, 3.8) is 0 Å². The van der Waals surface area contributed by atoms with Crippen LogP contribution in [-0.4, -0.2) is 59.6 Å². The molecule has 2 heterocycles. The number of urea groups is 1. The maximum Gasteiger partial charge on any atom is 0.329 e. The minimum atomic E-state index is -0.904. The molecule has 2 atom stereocenters. The lowest BCUT2D eigenvalue weighted by molar-refractivity contribution is -0.143. The van der Waals surface area contributed by atoms with Crippen LogP contribution in [0.3, 0.4) is 0 Å². The molecule has 9 heteroatoms. The Morgan fingerprint density at radius 1 is 1.23 bits per heavy atom. The van der Waals surface area contributed by atoms with E-state index in [1.54, 1.807) is 24.3 Å². The Balaban J connectivity index is 1.56. The van der Waals surface area contributed by atoms with E-state index < -0.39 is 35.4 Å². The number of anilines is 1. The fraction of sp³-hybridized carbons (Fsp3) is 0.545. The highest BCUT2D eigenvalue weighted by atomic mass is 16.5. The quantitative estimate of drug-likeness (QED) is 0.716. The van der Waals surface area contributed by atoms with E-state index in [2.05, 4.69) is 5.32 Å². The summed E-state index contributed by atoms with van der Waals surface area (Å²) in [5.74, 6) is -1.06. The molecule has 1 aliphatic carbocycles. The van der Waals surface area contributed by atoms with Crippen molar-refractivity contribution in [1.29, 1.82) is 0 Å². The number of carbonyl (C=O) groups is 4. The maximum atomic E-state index is 13.4. The van der Waals surface area contributed by atoms with Crippen molar-refractivity contribution in [1.82, 2.24) is 10.2 Å². The van der Waals surface area contributed by atoms with Crippen molar-refractivity contribution >= 4 is 29.5 Å². The van der Waals surface area contributed by atoms with Crippen LogP contribution in [0, 0.1) is 5.41 Å². The zero-order chi connectivity index (χ0) is 22.2. The van der Waals surface area contributed by atoms with Gasteiger partial charge in [-0.2, -0.15) is 0 Å². The molecule has 0 unspecified atom stereocenters. The summed E-state index contributed by atoms with van der Waals surface area (Å²) in [5.41, 5.74) is -0.174. The van der Waals surface area contributed by atoms with Gasteiger partial charge in [-0.1, -0.05) is 18.9 Å². The summed E-state index contributed by atoms with van der Waals surface area (Å²) < 4.78 is 5.20. The predicted octanol–water partition coefficient (Wildman–Crippen LogP) is 2.15. The standard InChI is InChI=1S/C22H27N3O6/c1-31-15-6-4-5-14(11-15)25-20(29)19-16(23-21(25)30)7-10-24(19)17(26)12-22(13-18(27)28)8-2-3-9-22/h4-6,11,16,19H,2-3,7-10,12-13H2,1H3,(H,23,30)(H,27,28)/t16-,19+/m1/s1. The molecule has 31 heavy (non-hydrogen) atoms. The first-order chi connectivity index (χ1) is 14.8. The van der Waals surface area contributed by atoms with Crippen LogP contribution in [0.4, 0.5) is 10.5 Å². The Hall–Kier alpha value is -3.10. The lowest BCUT2D eigenvalue weighted by Gasteiger charge is -2.38. The minimum absolute atomic E-state index is 0.0404. The second kappa shape index (κ2) is 8.20. The van der Waals surface area contributed by atoms with Gasteiger partial charge in [0.2, 0.25) is 5.91 Å². The van der Waals surface area contributed by atoms with Gasteiger partial charge in [0.15, 0.2) is 0 Å². The number of ether oxygens (including phenoxy) is 1. The molecule has 3 aliphatic rings. The molecule has 2 N–H and O–H groups in total. The third-order valence-corrected chi connectivity index (χ3v) is 6.73. The van der Waals surface area contributed by atoms with Gasteiger partial charge in [0.25, 0.3) is 5.91 Å². The van der Waals surface area contributed by atoms with Crippen LogP contribution in [-0.2, 0) is 14.4 Å². The van der Waals surface area contributed by atoms with Crippen molar-refractivity contribution in [2.75, 3.05) is 18.6 Å². The van der Waals surface area contributed by atoms with Gasteiger partial charge in [-0.05, 0) is 36.8 Å². The van der Waals surface area contributed by atoms with E-state index in [0.717, 1.165) is 17.7 Å². The second-order valence-electron chi connectivity index (χ2n) is 8.71. The molecule has 3 fully saturated rings. The molecule has 1 saturated carbocycles. The monoisotopic (exact) mass is 429 g/mol. The number of fused-ring (bicyclic) bond motifs is 1. The Labute approximate surface area is 180 Å². The van der Waals surface area contributed by atoms with E-state index in [9.17, 15) is 24.3 Å². The number of likely N-dealkylation sites (tertiary alicyclic amines) is 1. The Kier molecular flexibility index (Phi) is 5.60. The molecular weight excluding hydrogens is 402 g/mol. The zero-order valence-corrected chi connectivity index (χ0v) is 17.5. The number of imide groups is 1. The summed E-state index contributed by atoms with van der Waals surface area (Å²) in [7, 11) is 1.50. The van der Waals surface area contributed by atoms with E-state index in [1.807, 2.05) is 0 Å². The van der Waals surface area contributed by atoms with Gasteiger partial charge in [-0.25, -0.2) is 9.69 Å². The number of carbonyl (C=O) groups excluding carboxylic acids is 3. The van der Waals surface area contributed by atoms with Gasteiger partial charge < -0.3 is 20.1 Å². The summed E-state index contributed by atoms with van der Waals surface area (Å²) in [4.78, 5) is 53.2. The fourth-order valence-corrected chi connectivity index (χ4v) is 5.26. The summed E-state index contributed by atoms with van der Waals surface area (Å²) in [6, 6.07) is 4.89. The molecule has 0 radical (unpaired) electrons. The Morgan fingerprint density at radius 3 is 2.65 bits per heavy atom. The Bertz CT molecular complexity index is 910. The third-order valence-electron chi connectivity index (χ3n) is 6.73. The summed E-state index contributed by atoms with van der Waals surface area (Å²) in [5, 5.41) is 12.2. The van der Waals surface area contributed by atoms with Crippen LogP contribution >= 0.6 is 0 Å². The molecule has 1 aromatic carbocycles. The lowest BCUT2D eigenvalue weighted by Crippen LogP contribution is -2.65. The molecule has 4 amide bonds. The fourth-order valence-electron chi connectivity index (χ4n) is 5.26. The van der Waals surface area contributed by atoms with Crippen molar-refractivity contribution in [3.8, 4) is 5.75 Å². The molecule has 9 nitrogen and oxygen atoms in total. The van der Waals surface area contributed by atoms with Crippen molar-refractivity contribution in [3.05, 3.63) is 24.3 Å². The number of aliphatic carboxylic acids is 1. The average Bonchev–Trinajstić information content (AvgIpc) is 3.35. The number of hydrogen-bond acceptors (Lipinski definition) is 5. The first-order valence-electron chi connectivity index (χ1n) is 10.6. The van der Waals surface area contributed by atoms with E-state index in [4.69, 9.17) is 4.74 Å². The number of methoxy groups -OCH3 is 1. The highest BCUT2D eigenvalue weighted by molar-refractivity contribution is 6.19. The third kappa shape index (κ3) is 3.96. The molecule has 166 valence electrons. The summed E-state index contributed by atoms with van der Waals surface area (Å²) in [6.07, 6.45) is 3.79. The number of benzene rings is 1. The minimum Gasteiger partial charge on any atom is -0.497 e. The average molecular weight is 429 g/mol. The number of nitrogens with one attached hydrogen (secondary N) is 1. The molecule has 4 rings (SSSR count). The molecule has 2 aliphatic heterocycles. The van der Waals surface area contributed by atoms with Crippen molar-refractivity contribution < 1.29 is 29.0 Å². The van der Waals surface area contributed by atoms with Crippen molar-refractivity contribution in [2.24, 2.45) is 5.41 Å². The number of hydrogen-bond donors (Lipinski definition) is 2. The van der Waals surface area contributed by atoms with Gasteiger partial charge in [0, 0.05) is 19.0 Å². The van der Waals surface area contributed by atoms with Crippen LogP contribution in [0.15, 0.2) is 24.3 Å². The van der Waals surface area contributed by atoms with E-state index >= 15 is 0 Å². The second-order valence-corrected chi connectivity index (χ2v) is 8.71. The lowest BCUT2D eigenvalue weighted by atomic mass is 9.79. The molecular formula is C22H27N3O6. The van der Waals surface area contributed by atoms with Crippen LogP contribution in [0.2, 0.25) is 0 Å². The molecule has 0 bridgehead atoms. The first kappa shape index (κ1) is 21.1. The summed E-state index contributed by atoms with van der Waals surface area (Å²) in [6.45, 7) is 0.356. The smallest absolute Gasteiger partial charge is 0.329 e.